The van der Waals surface area contributed by atoms with Crippen LogP contribution in [0.15, 0.2) is 29.3 Å². The summed E-state index contributed by atoms with van der Waals surface area (Å²) in [5, 5.41) is 11.9. The highest BCUT2D eigenvalue weighted by atomic mass is 19.4. The molecule has 2 aliphatic rings. The summed E-state index contributed by atoms with van der Waals surface area (Å²) >= 11 is 0. The summed E-state index contributed by atoms with van der Waals surface area (Å²) in [6.07, 6.45) is -1.63. The van der Waals surface area contributed by atoms with Crippen molar-refractivity contribution in [3.05, 3.63) is 51.7 Å². The lowest BCUT2D eigenvalue weighted by Gasteiger charge is -2.41. The predicted octanol–water partition coefficient (Wildman–Crippen LogP) is 3.74. The maximum atomic E-state index is 14.5. The maximum Gasteiger partial charge on any atom is 0.404 e. The third-order valence-electron chi connectivity index (χ3n) is 5.23. The van der Waals surface area contributed by atoms with Crippen molar-refractivity contribution in [2.45, 2.75) is 37.3 Å². The minimum atomic E-state index is -4.66. The third-order valence-corrected chi connectivity index (χ3v) is 5.23. The zero-order valence-corrected chi connectivity index (χ0v) is 13.7. The highest BCUT2D eigenvalue weighted by Crippen LogP contribution is 2.56. The van der Waals surface area contributed by atoms with E-state index in [0.717, 1.165) is 19.2 Å². The fourth-order valence-corrected chi connectivity index (χ4v) is 3.69. The van der Waals surface area contributed by atoms with E-state index in [-0.39, 0.29) is 40.5 Å². The van der Waals surface area contributed by atoms with Crippen LogP contribution in [0, 0.1) is 17.2 Å². The van der Waals surface area contributed by atoms with E-state index in [2.05, 4.69) is 15.3 Å². The molecule has 1 saturated carbocycles. The van der Waals surface area contributed by atoms with Gasteiger partial charge in [-0.2, -0.15) is 18.4 Å². The van der Waals surface area contributed by atoms with Crippen LogP contribution in [0.3, 0.4) is 0 Å². The zero-order chi connectivity index (χ0) is 18.5. The summed E-state index contributed by atoms with van der Waals surface area (Å²) in [6.45, 7) is 0. The van der Waals surface area contributed by atoms with Gasteiger partial charge in [0.2, 0.25) is 0 Å². The zero-order valence-electron chi connectivity index (χ0n) is 13.7. The molecular formula is C18H15F3N4O. The van der Waals surface area contributed by atoms with Crippen LogP contribution in [-0.2, 0) is 5.41 Å². The van der Waals surface area contributed by atoms with Crippen LogP contribution in [0.4, 0.5) is 24.5 Å². The molecule has 1 aliphatic carbocycles. The van der Waals surface area contributed by atoms with Crippen molar-refractivity contribution in [2.24, 2.45) is 5.92 Å². The van der Waals surface area contributed by atoms with Gasteiger partial charge in [-0.25, -0.2) is 4.98 Å². The number of hydrogen-bond donors (Lipinski definition) is 2. The Labute approximate surface area is 146 Å². The van der Waals surface area contributed by atoms with Gasteiger partial charge in [0.15, 0.2) is 0 Å². The number of nitrogens with zero attached hydrogens (tertiary/aromatic N) is 2. The van der Waals surface area contributed by atoms with E-state index in [1.165, 1.54) is 18.2 Å². The quantitative estimate of drug-likeness (QED) is 0.874. The molecule has 1 aliphatic heterocycles. The first-order valence-electron chi connectivity index (χ1n) is 8.33. The Kier molecular flexibility index (Phi) is 3.58. The molecule has 0 radical (unpaired) electrons. The second kappa shape index (κ2) is 5.59. The Hall–Kier alpha value is -2.82. The van der Waals surface area contributed by atoms with E-state index >= 15 is 0 Å². The number of nitrogens with one attached hydrogen (secondary N) is 2. The first kappa shape index (κ1) is 16.6. The van der Waals surface area contributed by atoms with Gasteiger partial charge in [0, 0.05) is 5.69 Å². The van der Waals surface area contributed by atoms with Gasteiger partial charge in [0.25, 0.3) is 5.56 Å². The first-order chi connectivity index (χ1) is 12.4. The summed E-state index contributed by atoms with van der Waals surface area (Å²) in [4.78, 5) is 18.4. The van der Waals surface area contributed by atoms with E-state index in [4.69, 9.17) is 5.26 Å². The van der Waals surface area contributed by atoms with Gasteiger partial charge in [-0.3, -0.25) is 4.79 Å². The van der Waals surface area contributed by atoms with Crippen molar-refractivity contribution < 1.29 is 13.2 Å². The van der Waals surface area contributed by atoms with E-state index in [1.807, 2.05) is 6.07 Å². The predicted molar refractivity (Wildman–Crippen MR) is 88.1 cm³/mol. The standard InChI is InChI=1S/C18H15F3N4O/c19-18(20,21)17(6-5-10-1-2-10)12-7-11(8-22)3-4-13(12)25-14-15(17)23-9-24-16(14)26/h3-4,7,9-10,25H,1-2,5-6H2,(H,23,24,26). The lowest BCUT2D eigenvalue weighted by Crippen LogP contribution is -2.48. The number of anilines is 2. The second-order valence-corrected chi connectivity index (χ2v) is 6.84. The van der Waals surface area contributed by atoms with Crippen LogP contribution in [0.2, 0.25) is 0 Å². The van der Waals surface area contributed by atoms with Crippen LogP contribution in [0.1, 0.15) is 42.5 Å². The molecule has 0 saturated heterocycles. The van der Waals surface area contributed by atoms with Crippen molar-refractivity contribution >= 4 is 11.4 Å². The summed E-state index contributed by atoms with van der Waals surface area (Å²) in [6, 6.07) is 6.01. The largest absolute Gasteiger partial charge is 0.404 e. The molecule has 1 aromatic carbocycles. The van der Waals surface area contributed by atoms with E-state index < -0.39 is 17.2 Å². The lowest BCUT2D eigenvalue weighted by atomic mass is 9.69. The Morgan fingerprint density at radius 2 is 2.12 bits per heavy atom. The van der Waals surface area contributed by atoms with Crippen molar-refractivity contribution in [3.8, 4) is 6.07 Å². The Bertz CT molecular complexity index is 972. The summed E-state index contributed by atoms with van der Waals surface area (Å²) in [7, 11) is 0. The summed E-state index contributed by atoms with van der Waals surface area (Å²) < 4.78 is 43.6. The highest BCUT2D eigenvalue weighted by molar-refractivity contribution is 5.75. The van der Waals surface area contributed by atoms with Gasteiger partial charge in [-0.05, 0) is 42.5 Å². The molecule has 0 spiro atoms. The smallest absolute Gasteiger partial charge is 0.349 e. The summed E-state index contributed by atoms with van der Waals surface area (Å²) in [5.74, 6) is 0.275. The first-order valence-corrected chi connectivity index (χ1v) is 8.33. The second-order valence-electron chi connectivity index (χ2n) is 6.84. The number of H-pyrrole nitrogens is 1. The number of benzene rings is 1. The molecule has 8 heteroatoms. The molecule has 1 unspecified atom stereocenters. The Morgan fingerprint density at radius 1 is 1.35 bits per heavy atom. The summed E-state index contributed by atoms with van der Waals surface area (Å²) in [5.41, 5.74) is -3.29. The molecular weight excluding hydrogens is 345 g/mol. The Morgan fingerprint density at radius 3 is 2.77 bits per heavy atom. The molecule has 0 amide bonds. The van der Waals surface area contributed by atoms with E-state index in [1.54, 1.807) is 0 Å². The van der Waals surface area contributed by atoms with Crippen LogP contribution in [-0.4, -0.2) is 16.1 Å². The van der Waals surface area contributed by atoms with Crippen LogP contribution >= 0.6 is 0 Å². The van der Waals surface area contributed by atoms with Gasteiger partial charge < -0.3 is 10.3 Å². The van der Waals surface area contributed by atoms with Gasteiger partial charge in [-0.15, -0.1) is 0 Å². The number of aromatic amines is 1. The van der Waals surface area contributed by atoms with Crippen LogP contribution < -0.4 is 10.9 Å². The molecule has 2 heterocycles. The van der Waals surface area contributed by atoms with Gasteiger partial charge in [-0.1, -0.05) is 12.8 Å². The third kappa shape index (κ3) is 2.38. The fraction of sp³-hybridized carbons (Fsp3) is 0.389. The number of alkyl halides is 3. The molecule has 134 valence electrons. The topological polar surface area (TPSA) is 81.6 Å². The number of halogens is 3. The molecule has 0 bridgehead atoms. The van der Waals surface area contributed by atoms with Gasteiger partial charge >= 0.3 is 6.18 Å². The van der Waals surface area contributed by atoms with Crippen LogP contribution in [0.25, 0.3) is 0 Å². The number of rotatable bonds is 3. The normalized spacial score (nSPS) is 21.3. The monoisotopic (exact) mass is 360 g/mol. The van der Waals surface area contributed by atoms with Crippen molar-refractivity contribution in [1.29, 1.82) is 5.26 Å². The number of nitriles is 1. The minimum Gasteiger partial charge on any atom is -0.349 e. The average Bonchev–Trinajstić information content (AvgIpc) is 3.42. The molecule has 26 heavy (non-hydrogen) atoms. The maximum absolute atomic E-state index is 14.5. The average molecular weight is 360 g/mol. The Balaban J connectivity index is 2.02. The number of fused-ring (bicyclic) bond motifs is 2. The fourth-order valence-electron chi connectivity index (χ4n) is 3.69. The van der Waals surface area contributed by atoms with E-state index in [0.29, 0.717) is 6.42 Å². The minimum absolute atomic E-state index is 0.0460. The van der Waals surface area contributed by atoms with Crippen LogP contribution in [0.5, 0.6) is 0 Å². The lowest BCUT2D eigenvalue weighted by molar-refractivity contribution is -0.181. The molecule has 2 N–H and O–H groups in total. The molecule has 5 nitrogen and oxygen atoms in total. The van der Waals surface area contributed by atoms with E-state index in [9.17, 15) is 18.0 Å². The molecule has 1 aromatic heterocycles. The SMILES string of the molecule is N#Cc1ccc2c(c1)C(CCC1CC1)(C(F)(F)F)c1nc[nH]c(=O)c1N2. The molecule has 1 atom stereocenters. The van der Waals surface area contributed by atoms with Gasteiger partial charge in [0.1, 0.15) is 11.1 Å². The number of aromatic nitrogens is 2. The van der Waals surface area contributed by atoms with Crippen molar-refractivity contribution in [2.75, 3.05) is 5.32 Å². The molecule has 4 rings (SSSR count). The molecule has 1 fully saturated rings. The van der Waals surface area contributed by atoms with Crippen molar-refractivity contribution in [3.63, 3.8) is 0 Å². The molecule has 2 aromatic rings. The van der Waals surface area contributed by atoms with Gasteiger partial charge in [0.05, 0.1) is 23.7 Å². The highest BCUT2D eigenvalue weighted by Gasteiger charge is 2.61. The van der Waals surface area contributed by atoms with Crippen molar-refractivity contribution in [1.82, 2.24) is 9.97 Å². The number of hydrogen-bond acceptors (Lipinski definition) is 4.